The first kappa shape index (κ1) is 15.8. The first-order valence-electron chi connectivity index (χ1n) is 8.38. The van der Waals surface area contributed by atoms with E-state index in [-0.39, 0.29) is 5.91 Å². The molecular formula is C22H17N3O. The molecule has 4 rings (SSSR count). The lowest BCUT2D eigenvalue weighted by Crippen LogP contribution is -2.24. The zero-order valence-electron chi connectivity index (χ0n) is 14.0. The number of nitrogens with zero attached hydrogens (tertiary/aromatic N) is 2. The second-order valence-corrected chi connectivity index (χ2v) is 5.85. The van der Waals surface area contributed by atoms with E-state index in [0.29, 0.717) is 5.82 Å². The molecule has 1 aromatic heterocycles. The van der Waals surface area contributed by atoms with Gasteiger partial charge in [-0.1, -0.05) is 60.7 Å². The van der Waals surface area contributed by atoms with Crippen molar-refractivity contribution in [2.45, 2.75) is 0 Å². The second-order valence-electron chi connectivity index (χ2n) is 5.85. The van der Waals surface area contributed by atoms with Gasteiger partial charge < -0.3 is 0 Å². The predicted octanol–water partition coefficient (Wildman–Crippen LogP) is 4.94. The van der Waals surface area contributed by atoms with Gasteiger partial charge in [-0.2, -0.15) is 5.10 Å². The van der Waals surface area contributed by atoms with E-state index in [4.69, 9.17) is 0 Å². The molecule has 0 atom stereocenters. The molecule has 1 N–H and O–H groups in total. The van der Waals surface area contributed by atoms with E-state index in [1.807, 2.05) is 91.0 Å². The molecule has 4 aromatic rings. The van der Waals surface area contributed by atoms with Gasteiger partial charge in [-0.05, 0) is 35.9 Å². The summed E-state index contributed by atoms with van der Waals surface area (Å²) in [6.07, 6.45) is 3.39. The Morgan fingerprint density at radius 1 is 0.846 bits per heavy atom. The molecule has 0 saturated heterocycles. The van der Waals surface area contributed by atoms with Crippen LogP contribution in [0, 0.1) is 0 Å². The number of hydrogen-bond donors (Lipinski definition) is 1. The lowest BCUT2D eigenvalue weighted by molar-refractivity contribution is -0.113. The molecule has 0 radical (unpaired) electrons. The van der Waals surface area contributed by atoms with Crippen molar-refractivity contribution in [1.82, 2.24) is 10.2 Å². The van der Waals surface area contributed by atoms with Crippen LogP contribution >= 0.6 is 0 Å². The van der Waals surface area contributed by atoms with Gasteiger partial charge in [-0.3, -0.25) is 14.8 Å². The van der Waals surface area contributed by atoms with Gasteiger partial charge in [0, 0.05) is 11.5 Å². The molecule has 1 amide bonds. The first-order valence-corrected chi connectivity index (χ1v) is 8.38. The lowest BCUT2D eigenvalue weighted by atomic mass is 10.2. The molecule has 0 spiro atoms. The highest BCUT2D eigenvalue weighted by molar-refractivity contribution is 6.12. The maximum atomic E-state index is 13.0. The smallest absolute Gasteiger partial charge is 0.256 e. The average molecular weight is 339 g/mol. The average Bonchev–Trinajstić information content (AvgIpc) is 3.12. The van der Waals surface area contributed by atoms with Gasteiger partial charge in [-0.25, -0.2) is 0 Å². The summed E-state index contributed by atoms with van der Waals surface area (Å²) in [4.78, 5) is 14.7. The number of para-hydroxylation sites is 2. The van der Waals surface area contributed by atoms with Gasteiger partial charge in [0.25, 0.3) is 5.91 Å². The van der Waals surface area contributed by atoms with Crippen molar-refractivity contribution in [2.75, 3.05) is 4.90 Å². The fourth-order valence-electron chi connectivity index (χ4n) is 2.86. The Bertz CT molecular complexity index is 1050. The third-order valence-corrected chi connectivity index (χ3v) is 4.11. The van der Waals surface area contributed by atoms with E-state index in [9.17, 15) is 4.79 Å². The molecule has 0 saturated carbocycles. The molecule has 0 unspecified atom stereocenters. The number of nitrogens with one attached hydrogen (secondary N) is 1. The monoisotopic (exact) mass is 339 g/mol. The van der Waals surface area contributed by atoms with Gasteiger partial charge in [0.15, 0.2) is 5.82 Å². The normalized spacial score (nSPS) is 11.1. The van der Waals surface area contributed by atoms with E-state index in [1.165, 1.54) is 0 Å². The van der Waals surface area contributed by atoms with Crippen LogP contribution in [-0.2, 0) is 4.79 Å². The van der Waals surface area contributed by atoms with Crippen molar-refractivity contribution in [3.8, 4) is 0 Å². The van der Waals surface area contributed by atoms with Crippen LogP contribution < -0.4 is 4.90 Å². The topological polar surface area (TPSA) is 49.0 Å². The van der Waals surface area contributed by atoms with Crippen LogP contribution in [0.4, 0.5) is 11.5 Å². The predicted molar refractivity (Wildman–Crippen MR) is 105 cm³/mol. The number of carbonyl (C=O) groups is 1. The van der Waals surface area contributed by atoms with Crippen LogP contribution in [0.1, 0.15) is 5.56 Å². The molecular weight excluding hydrogens is 322 g/mol. The Labute approximate surface area is 151 Å². The van der Waals surface area contributed by atoms with Gasteiger partial charge in [0.05, 0.1) is 11.2 Å². The standard InChI is InChI=1S/C22H17N3O/c26-21(16-15-17-9-3-1-4-10-17)25(18-11-5-2-6-12-18)22-19-13-7-8-14-20(19)23-24-22/h1-16H,(H,23,24). The van der Waals surface area contributed by atoms with Crippen LogP contribution in [0.25, 0.3) is 17.0 Å². The number of carbonyl (C=O) groups excluding carboxylic acids is 1. The van der Waals surface area contributed by atoms with E-state index in [2.05, 4.69) is 10.2 Å². The van der Waals surface area contributed by atoms with Gasteiger partial charge >= 0.3 is 0 Å². The Morgan fingerprint density at radius 2 is 1.50 bits per heavy atom. The van der Waals surface area contributed by atoms with Crippen LogP contribution in [0.3, 0.4) is 0 Å². The summed E-state index contributed by atoms with van der Waals surface area (Å²) in [5.41, 5.74) is 2.64. The molecule has 1 heterocycles. The minimum atomic E-state index is -0.155. The van der Waals surface area contributed by atoms with E-state index in [0.717, 1.165) is 22.2 Å². The second kappa shape index (κ2) is 7.07. The number of aromatic amines is 1. The molecule has 126 valence electrons. The number of H-pyrrole nitrogens is 1. The SMILES string of the molecule is O=C(C=Cc1ccccc1)N(c1ccccc1)c1n[nH]c2ccccc12. The number of anilines is 2. The highest BCUT2D eigenvalue weighted by atomic mass is 16.2. The van der Waals surface area contributed by atoms with Gasteiger partial charge in [0.1, 0.15) is 0 Å². The summed E-state index contributed by atoms with van der Waals surface area (Å²) in [5, 5.41) is 8.29. The van der Waals surface area contributed by atoms with Crippen molar-refractivity contribution < 1.29 is 4.79 Å². The number of amides is 1. The number of fused-ring (bicyclic) bond motifs is 1. The van der Waals surface area contributed by atoms with E-state index < -0.39 is 0 Å². The molecule has 0 fully saturated rings. The van der Waals surface area contributed by atoms with Crippen LogP contribution in [0.2, 0.25) is 0 Å². The number of benzene rings is 3. The highest BCUT2D eigenvalue weighted by Gasteiger charge is 2.20. The van der Waals surface area contributed by atoms with E-state index >= 15 is 0 Å². The van der Waals surface area contributed by atoms with Crippen molar-refractivity contribution >= 4 is 34.4 Å². The number of hydrogen-bond acceptors (Lipinski definition) is 2. The Balaban J connectivity index is 1.77. The summed E-state index contributed by atoms with van der Waals surface area (Å²) in [6, 6.07) is 27.1. The van der Waals surface area contributed by atoms with Gasteiger partial charge in [-0.15, -0.1) is 0 Å². The third-order valence-electron chi connectivity index (χ3n) is 4.11. The highest BCUT2D eigenvalue weighted by Crippen LogP contribution is 2.30. The summed E-state index contributed by atoms with van der Waals surface area (Å²) in [6.45, 7) is 0. The zero-order valence-corrected chi connectivity index (χ0v) is 14.0. The molecule has 3 aromatic carbocycles. The van der Waals surface area contributed by atoms with Crippen molar-refractivity contribution in [3.63, 3.8) is 0 Å². The van der Waals surface area contributed by atoms with Crippen LogP contribution in [-0.4, -0.2) is 16.1 Å². The minimum Gasteiger partial charge on any atom is -0.276 e. The summed E-state index contributed by atoms with van der Waals surface area (Å²) in [7, 11) is 0. The molecule has 26 heavy (non-hydrogen) atoms. The molecule has 0 aliphatic carbocycles. The largest absolute Gasteiger partial charge is 0.276 e. The zero-order chi connectivity index (χ0) is 17.8. The van der Waals surface area contributed by atoms with Crippen molar-refractivity contribution in [1.29, 1.82) is 0 Å². The maximum absolute atomic E-state index is 13.0. The van der Waals surface area contributed by atoms with Crippen LogP contribution in [0.5, 0.6) is 0 Å². The molecule has 4 nitrogen and oxygen atoms in total. The quantitative estimate of drug-likeness (QED) is 0.535. The molecule has 0 aliphatic heterocycles. The van der Waals surface area contributed by atoms with Crippen LogP contribution in [0.15, 0.2) is 91.0 Å². The molecule has 4 heteroatoms. The molecule has 0 aliphatic rings. The minimum absolute atomic E-state index is 0.155. The summed E-state index contributed by atoms with van der Waals surface area (Å²) < 4.78 is 0. The van der Waals surface area contributed by atoms with Crippen molar-refractivity contribution in [2.24, 2.45) is 0 Å². The Morgan fingerprint density at radius 3 is 2.27 bits per heavy atom. The summed E-state index contributed by atoms with van der Waals surface area (Å²) >= 11 is 0. The number of aromatic nitrogens is 2. The number of rotatable bonds is 4. The Kier molecular flexibility index (Phi) is 4.31. The third kappa shape index (κ3) is 3.13. The maximum Gasteiger partial charge on any atom is 0.256 e. The fourth-order valence-corrected chi connectivity index (χ4v) is 2.86. The van der Waals surface area contributed by atoms with Gasteiger partial charge in [0.2, 0.25) is 0 Å². The molecule has 0 bridgehead atoms. The first-order chi connectivity index (χ1) is 12.8. The lowest BCUT2D eigenvalue weighted by Gasteiger charge is -2.19. The fraction of sp³-hybridized carbons (Fsp3) is 0. The van der Waals surface area contributed by atoms with E-state index in [1.54, 1.807) is 11.0 Å². The summed E-state index contributed by atoms with van der Waals surface area (Å²) in [5.74, 6) is 0.437. The Hall–Kier alpha value is -3.66. The van der Waals surface area contributed by atoms with Crippen molar-refractivity contribution in [3.05, 3.63) is 96.6 Å².